The Labute approximate surface area is 194 Å². The predicted molar refractivity (Wildman–Crippen MR) is 128 cm³/mol. The minimum atomic E-state index is -0.773. The third kappa shape index (κ3) is 5.00. The molecule has 1 aliphatic heterocycles. The quantitative estimate of drug-likeness (QED) is 0.596. The minimum Gasteiger partial charge on any atom is -0.493 e. The number of hydrogen-bond donors (Lipinski definition) is 1. The van der Waals surface area contributed by atoms with Crippen LogP contribution in [0.25, 0.3) is 0 Å². The van der Waals surface area contributed by atoms with E-state index in [2.05, 4.69) is 11.4 Å². The summed E-state index contributed by atoms with van der Waals surface area (Å²) in [6.07, 6.45) is 1.96. The van der Waals surface area contributed by atoms with Crippen molar-refractivity contribution in [1.29, 1.82) is 0 Å². The first kappa shape index (κ1) is 22.4. The zero-order chi connectivity index (χ0) is 23.2. The van der Waals surface area contributed by atoms with E-state index in [1.54, 1.807) is 31.3 Å². The Bertz CT molecular complexity index is 1130. The fourth-order valence-corrected chi connectivity index (χ4v) is 4.24. The average Bonchev–Trinajstić information content (AvgIpc) is 2.87. The number of hydrogen-bond acceptors (Lipinski definition) is 4. The Kier molecular flexibility index (Phi) is 6.93. The van der Waals surface area contributed by atoms with Crippen molar-refractivity contribution in [3.8, 4) is 11.5 Å². The van der Waals surface area contributed by atoms with Gasteiger partial charge in [0.15, 0.2) is 11.5 Å². The highest BCUT2D eigenvalue weighted by Gasteiger charge is 2.30. The molecule has 4 rings (SSSR count). The fourth-order valence-electron chi connectivity index (χ4n) is 4.24. The number of carbonyl (C=O) groups excluding carboxylic acids is 2. The molecule has 0 aliphatic carbocycles. The Hall–Kier alpha value is -3.80. The lowest BCUT2D eigenvalue weighted by atomic mass is 9.99. The van der Waals surface area contributed by atoms with Crippen molar-refractivity contribution in [2.45, 2.75) is 25.3 Å². The maximum atomic E-state index is 13.7. The van der Waals surface area contributed by atoms with Crippen molar-refractivity contribution in [3.63, 3.8) is 0 Å². The molecule has 6 heteroatoms. The summed E-state index contributed by atoms with van der Waals surface area (Å²) in [4.78, 5) is 28.5. The van der Waals surface area contributed by atoms with Crippen LogP contribution in [-0.4, -0.2) is 32.6 Å². The summed E-state index contributed by atoms with van der Waals surface area (Å²) in [5.74, 6) is 0.787. The van der Waals surface area contributed by atoms with Crippen LogP contribution in [0.3, 0.4) is 0 Å². The largest absolute Gasteiger partial charge is 0.493 e. The molecule has 0 aromatic heterocycles. The van der Waals surface area contributed by atoms with E-state index in [4.69, 9.17) is 9.47 Å². The molecule has 0 spiro atoms. The molecule has 0 bridgehead atoms. The molecule has 1 atom stereocenters. The second-order valence-electron chi connectivity index (χ2n) is 8.00. The maximum Gasteiger partial charge on any atom is 0.254 e. The van der Waals surface area contributed by atoms with Gasteiger partial charge < -0.3 is 19.7 Å². The lowest BCUT2D eigenvalue weighted by molar-refractivity contribution is -0.127. The number of benzene rings is 3. The minimum absolute atomic E-state index is 0.119. The van der Waals surface area contributed by atoms with Gasteiger partial charge in [-0.25, -0.2) is 0 Å². The summed E-state index contributed by atoms with van der Waals surface area (Å²) in [7, 11) is 3.13. The van der Waals surface area contributed by atoms with Crippen LogP contribution in [0.1, 0.15) is 29.2 Å². The summed E-state index contributed by atoms with van der Waals surface area (Å²) in [5, 5.41) is 2.97. The third-order valence-corrected chi connectivity index (χ3v) is 5.87. The fraction of sp³-hybridized carbons (Fsp3) is 0.259. The van der Waals surface area contributed by atoms with Gasteiger partial charge in [-0.05, 0) is 47.7 Å². The molecule has 33 heavy (non-hydrogen) atoms. The summed E-state index contributed by atoms with van der Waals surface area (Å²) in [6, 6.07) is 21.9. The number of amides is 2. The van der Waals surface area contributed by atoms with Gasteiger partial charge in [0.2, 0.25) is 5.91 Å². The van der Waals surface area contributed by atoms with E-state index in [1.165, 1.54) is 0 Å². The summed E-state index contributed by atoms with van der Waals surface area (Å²) in [6.45, 7) is 0.630. The highest BCUT2D eigenvalue weighted by Crippen LogP contribution is 2.30. The molecule has 0 saturated heterocycles. The molecule has 1 N–H and O–H groups in total. The molecule has 1 heterocycles. The van der Waals surface area contributed by atoms with Gasteiger partial charge in [-0.15, -0.1) is 0 Å². The number of carbonyl (C=O) groups is 2. The lowest BCUT2D eigenvalue weighted by Crippen LogP contribution is -2.45. The van der Waals surface area contributed by atoms with Crippen molar-refractivity contribution in [3.05, 3.63) is 89.5 Å². The zero-order valence-electron chi connectivity index (χ0n) is 18.9. The van der Waals surface area contributed by atoms with Gasteiger partial charge in [0.25, 0.3) is 5.91 Å². The molecule has 0 radical (unpaired) electrons. The molecule has 6 nitrogen and oxygen atoms in total. The molecular formula is C27H28N2O4. The van der Waals surface area contributed by atoms with Crippen molar-refractivity contribution in [2.24, 2.45) is 0 Å². The average molecular weight is 445 g/mol. The number of fused-ring (bicyclic) bond motifs is 1. The number of para-hydroxylation sites is 1. The van der Waals surface area contributed by atoms with Gasteiger partial charge >= 0.3 is 0 Å². The van der Waals surface area contributed by atoms with Crippen molar-refractivity contribution < 1.29 is 19.1 Å². The van der Waals surface area contributed by atoms with Crippen molar-refractivity contribution in [2.75, 3.05) is 25.7 Å². The van der Waals surface area contributed by atoms with Crippen LogP contribution in [0.4, 0.5) is 5.69 Å². The van der Waals surface area contributed by atoms with E-state index in [0.717, 1.165) is 35.2 Å². The predicted octanol–water partition coefficient (Wildman–Crippen LogP) is 4.08. The van der Waals surface area contributed by atoms with E-state index in [1.807, 2.05) is 54.6 Å². The number of ether oxygens (including phenoxy) is 2. The van der Waals surface area contributed by atoms with Crippen LogP contribution >= 0.6 is 0 Å². The van der Waals surface area contributed by atoms with E-state index in [0.29, 0.717) is 18.0 Å². The van der Waals surface area contributed by atoms with Gasteiger partial charge in [0.1, 0.15) is 6.04 Å². The molecule has 0 fully saturated rings. The van der Waals surface area contributed by atoms with Crippen LogP contribution < -0.4 is 19.7 Å². The monoisotopic (exact) mass is 444 g/mol. The molecule has 0 saturated carbocycles. The molecule has 1 aliphatic rings. The van der Waals surface area contributed by atoms with Gasteiger partial charge in [0, 0.05) is 12.2 Å². The maximum absolute atomic E-state index is 13.7. The smallest absolute Gasteiger partial charge is 0.254 e. The SMILES string of the molecule is COc1ccc(CC(=O)N[C@H](C(=O)N2CCCc3ccccc32)c2ccccc2)cc1OC. The zero-order valence-corrected chi connectivity index (χ0v) is 18.9. The van der Waals surface area contributed by atoms with Crippen LogP contribution in [0.15, 0.2) is 72.8 Å². The van der Waals surface area contributed by atoms with Crippen LogP contribution in [-0.2, 0) is 22.4 Å². The number of nitrogens with one attached hydrogen (secondary N) is 1. The van der Waals surface area contributed by atoms with E-state index < -0.39 is 6.04 Å². The van der Waals surface area contributed by atoms with Gasteiger partial charge in [0.05, 0.1) is 20.6 Å². The van der Waals surface area contributed by atoms with Crippen molar-refractivity contribution >= 4 is 17.5 Å². The Morgan fingerprint density at radius 2 is 1.67 bits per heavy atom. The Morgan fingerprint density at radius 3 is 2.42 bits per heavy atom. The number of rotatable bonds is 7. The normalized spacial score (nSPS) is 13.6. The molecule has 3 aromatic carbocycles. The molecule has 0 unspecified atom stereocenters. The van der Waals surface area contributed by atoms with Crippen LogP contribution in [0, 0.1) is 0 Å². The first-order valence-corrected chi connectivity index (χ1v) is 11.0. The lowest BCUT2D eigenvalue weighted by Gasteiger charge is -2.32. The number of nitrogens with zero attached hydrogens (tertiary/aromatic N) is 1. The highest BCUT2D eigenvalue weighted by atomic mass is 16.5. The van der Waals surface area contributed by atoms with Crippen molar-refractivity contribution in [1.82, 2.24) is 5.32 Å². The van der Waals surface area contributed by atoms with E-state index in [-0.39, 0.29) is 18.2 Å². The first-order valence-electron chi connectivity index (χ1n) is 11.0. The second-order valence-corrected chi connectivity index (χ2v) is 8.00. The summed E-state index contributed by atoms with van der Waals surface area (Å²) in [5.41, 5.74) is 3.60. The number of methoxy groups -OCH3 is 2. The van der Waals surface area contributed by atoms with Crippen LogP contribution in [0.2, 0.25) is 0 Å². The summed E-state index contributed by atoms with van der Waals surface area (Å²) >= 11 is 0. The first-order chi connectivity index (χ1) is 16.1. The molecule has 3 aromatic rings. The number of aryl methyl sites for hydroxylation is 1. The summed E-state index contributed by atoms with van der Waals surface area (Å²) < 4.78 is 10.6. The van der Waals surface area contributed by atoms with E-state index in [9.17, 15) is 9.59 Å². The molecular weight excluding hydrogens is 416 g/mol. The van der Waals surface area contributed by atoms with E-state index >= 15 is 0 Å². The van der Waals surface area contributed by atoms with Crippen LogP contribution in [0.5, 0.6) is 11.5 Å². The van der Waals surface area contributed by atoms with Gasteiger partial charge in [-0.1, -0.05) is 54.6 Å². The highest BCUT2D eigenvalue weighted by molar-refractivity contribution is 6.00. The molecule has 170 valence electrons. The standard InChI is InChI=1S/C27H28N2O4/c1-32-23-15-14-19(17-24(23)33-2)18-25(30)28-26(21-10-4-3-5-11-21)27(31)29-16-8-12-20-9-6-7-13-22(20)29/h3-7,9-11,13-15,17,26H,8,12,16,18H2,1-2H3,(H,28,30)/t26-/m0/s1. The topological polar surface area (TPSA) is 67.9 Å². The molecule has 2 amide bonds. The number of anilines is 1. The van der Waals surface area contributed by atoms with Gasteiger partial charge in [-0.3, -0.25) is 9.59 Å². The van der Waals surface area contributed by atoms with Gasteiger partial charge in [-0.2, -0.15) is 0 Å². The second kappa shape index (κ2) is 10.2. The Balaban J connectivity index is 1.57. The Morgan fingerprint density at radius 1 is 0.939 bits per heavy atom. The third-order valence-electron chi connectivity index (χ3n) is 5.87.